The van der Waals surface area contributed by atoms with Crippen molar-refractivity contribution in [2.75, 3.05) is 20.3 Å². The van der Waals surface area contributed by atoms with E-state index in [-0.39, 0.29) is 29.0 Å². The van der Waals surface area contributed by atoms with Gasteiger partial charge in [-0.25, -0.2) is 9.18 Å². The van der Waals surface area contributed by atoms with Crippen LogP contribution in [0.2, 0.25) is 5.02 Å². The summed E-state index contributed by atoms with van der Waals surface area (Å²) in [7, 11) is 1.59. The van der Waals surface area contributed by atoms with E-state index in [2.05, 4.69) is 0 Å². The molecule has 6 nitrogen and oxygen atoms in total. The Morgan fingerprint density at radius 3 is 2.52 bits per heavy atom. The topological polar surface area (TPSA) is 76.1 Å². The van der Waals surface area contributed by atoms with Crippen LogP contribution in [0.5, 0.6) is 11.5 Å². The average molecular weight is 396 g/mol. The molecule has 0 saturated heterocycles. The Morgan fingerprint density at radius 2 is 1.89 bits per heavy atom. The minimum atomic E-state index is -1.12. The molecule has 0 saturated carbocycles. The predicted molar refractivity (Wildman–Crippen MR) is 97.9 cm³/mol. The van der Waals surface area contributed by atoms with Crippen molar-refractivity contribution in [3.63, 3.8) is 0 Å². The number of hydrogen-bond donors (Lipinski definition) is 1. The van der Waals surface area contributed by atoms with Crippen LogP contribution in [0.4, 0.5) is 4.39 Å². The van der Waals surface area contributed by atoms with E-state index < -0.39 is 18.4 Å². The Labute approximate surface area is 161 Å². The van der Waals surface area contributed by atoms with E-state index >= 15 is 0 Å². The predicted octanol–water partition coefficient (Wildman–Crippen LogP) is 3.61. The Kier molecular flexibility index (Phi) is 7.01. The van der Waals surface area contributed by atoms with Gasteiger partial charge in [0, 0.05) is 19.2 Å². The molecular weight excluding hydrogens is 377 g/mol. The monoisotopic (exact) mass is 395 g/mol. The Morgan fingerprint density at radius 1 is 1.15 bits per heavy atom. The van der Waals surface area contributed by atoms with Crippen molar-refractivity contribution in [2.45, 2.75) is 13.5 Å². The molecule has 0 aromatic heterocycles. The highest BCUT2D eigenvalue weighted by molar-refractivity contribution is 6.30. The van der Waals surface area contributed by atoms with Gasteiger partial charge in [-0.3, -0.25) is 4.79 Å². The molecule has 0 unspecified atom stereocenters. The maximum atomic E-state index is 13.6. The van der Waals surface area contributed by atoms with E-state index in [0.717, 1.165) is 0 Å². The first-order chi connectivity index (χ1) is 12.8. The summed E-state index contributed by atoms with van der Waals surface area (Å²) in [6.45, 7) is 1.75. The van der Waals surface area contributed by atoms with E-state index in [1.54, 1.807) is 20.0 Å². The van der Waals surface area contributed by atoms with Crippen molar-refractivity contribution in [2.24, 2.45) is 0 Å². The highest BCUT2D eigenvalue weighted by Crippen LogP contribution is 2.29. The van der Waals surface area contributed by atoms with Gasteiger partial charge >= 0.3 is 5.97 Å². The number of ether oxygens (including phenoxy) is 2. The number of amides is 1. The highest BCUT2D eigenvalue weighted by atomic mass is 35.5. The van der Waals surface area contributed by atoms with E-state index in [0.29, 0.717) is 17.7 Å². The number of carbonyl (C=O) groups excluding carboxylic acids is 1. The first-order valence-corrected chi connectivity index (χ1v) is 8.50. The fourth-order valence-electron chi connectivity index (χ4n) is 2.37. The number of rotatable bonds is 8. The third-order valence-corrected chi connectivity index (χ3v) is 3.90. The van der Waals surface area contributed by atoms with Crippen LogP contribution in [-0.2, 0) is 11.3 Å². The quantitative estimate of drug-likeness (QED) is 0.738. The first kappa shape index (κ1) is 20.5. The first-order valence-electron chi connectivity index (χ1n) is 8.12. The number of nitrogens with zero attached hydrogens (tertiary/aromatic N) is 1. The zero-order chi connectivity index (χ0) is 20.0. The smallest absolute Gasteiger partial charge is 0.341 e. The molecule has 0 spiro atoms. The lowest BCUT2D eigenvalue weighted by molar-refractivity contribution is -0.139. The molecule has 0 heterocycles. The summed E-state index contributed by atoms with van der Waals surface area (Å²) >= 11 is 5.66. The number of carboxylic acid groups (broad SMARTS) is 1. The summed E-state index contributed by atoms with van der Waals surface area (Å²) in [5.41, 5.74) is 0.928. The zero-order valence-corrected chi connectivity index (χ0v) is 15.6. The lowest BCUT2D eigenvalue weighted by Crippen LogP contribution is -2.26. The number of hydrogen-bond acceptors (Lipinski definition) is 4. The summed E-state index contributed by atoms with van der Waals surface area (Å²) in [6, 6.07) is 8.84. The van der Waals surface area contributed by atoms with Crippen LogP contribution < -0.4 is 9.47 Å². The van der Waals surface area contributed by atoms with Gasteiger partial charge in [-0.15, -0.1) is 0 Å². The standard InChI is InChI=1S/C19H19ClFNO5/c1-3-26-17-9-13(5-7-16(17)27-11-18(23)24)19(25)22(2)10-12-4-6-14(20)15(21)8-12/h4-9H,3,10-11H2,1-2H3,(H,23,24). The van der Waals surface area contributed by atoms with E-state index in [1.165, 1.54) is 35.2 Å². The largest absolute Gasteiger partial charge is 0.490 e. The number of aliphatic carboxylic acids is 1. The summed E-state index contributed by atoms with van der Waals surface area (Å²) in [4.78, 5) is 24.7. The van der Waals surface area contributed by atoms with Crippen LogP contribution >= 0.6 is 11.6 Å². The molecule has 2 rings (SSSR count). The highest BCUT2D eigenvalue weighted by Gasteiger charge is 2.16. The van der Waals surface area contributed by atoms with Gasteiger partial charge in [0.15, 0.2) is 18.1 Å². The van der Waals surface area contributed by atoms with Crippen molar-refractivity contribution in [1.29, 1.82) is 0 Å². The molecule has 27 heavy (non-hydrogen) atoms. The average Bonchev–Trinajstić information content (AvgIpc) is 2.63. The van der Waals surface area contributed by atoms with Crippen LogP contribution in [0.1, 0.15) is 22.8 Å². The zero-order valence-electron chi connectivity index (χ0n) is 14.9. The van der Waals surface area contributed by atoms with E-state index in [1.807, 2.05) is 0 Å². The summed E-state index contributed by atoms with van der Waals surface area (Å²) in [6.07, 6.45) is 0. The third kappa shape index (κ3) is 5.59. The van der Waals surface area contributed by atoms with Crippen LogP contribution in [0, 0.1) is 5.82 Å². The Bertz CT molecular complexity index is 843. The molecule has 2 aromatic rings. The van der Waals surface area contributed by atoms with Crippen molar-refractivity contribution in [3.05, 3.63) is 58.4 Å². The van der Waals surface area contributed by atoms with Crippen molar-refractivity contribution < 1.29 is 28.6 Å². The second-order valence-electron chi connectivity index (χ2n) is 5.69. The van der Waals surface area contributed by atoms with Crippen molar-refractivity contribution >= 4 is 23.5 Å². The van der Waals surface area contributed by atoms with E-state index in [4.69, 9.17) is 26.2 Å². The molecule has 0 aliphatic carbocycles. The molecule has 0 radical (unpaired) electrons. The molecule has 1 amide bonds. The minimum Gasteiger partial charge on any atom is -0.490 e. The maximum Gasteiger partial charge on any atom is 0.341 e. The second kappa shape index (κ2) is 9.23. The third-order valence-electron chi connectivity index (χ3n) is 3.59. The lowest BCUT2D eigenvalue weighted by Gasteiger charge is -2.19. The molecular formula is C19H19ClFNO5. The molecule has 2 aromatic carbocycles. The lowest BCUT2D eigenvalue weighted by atomic mass is 10.1. The van der Waals surface area contributed by atoms with Gasteiger partial charge in [-0.2, -0.15) is 0 Å². The van der Waals surface area contributed by atoms with Crippen LogP contribution in [0.25, 0.3) is 0 Å². The fourth-order valence-corrected chi connectivity index (χ4v) is 2.49. The van der Waals surface area contributed by atoms with Gasteiger partial charge in [0.25, 0.3) is 5.91 Å². The van der Waals surface area contributed by atoms with Gasteiger partial charge < -0.3 is 19.5 Å². The summed E-state index contributed by atoms with van der Waals surface area (Å²) < 4.78 is 24.2. The van der Waals surface area contributed by atoms with Gasteiger partial charge in [-0.05, 0) is 42.8 Å². The van der Waals surface area contributed by atoms with Crippen LogP contribution in [0.3, 0.4) is 0 Å². The summed E-state index contributed by atoms with van der Waals surface area (Å²) in [5.74, 6) is -1.47. The van der Waals surface area contributed by atoms with Crippen molar-refractivity contribution in [1.82, 2.24) is 4.90 Å². The van der Waals surface area contributed by atoms with Crippen LogP contribution in [-0.4, -0.2) is 42.1 Å². The molecule has 8 heteroatoms. The molecule has 0 fully saturated rings. The van der Waals surface area contributed by atoms with Crippen LogP contribution in [0.15, 0.2) is 36.4 Å². The number of carboxylic acids is 1. The van der Waals surface area contributed by atoms with Gasteiger partial charge in [0.2, 0.25) is 0 Å². The number of benzene rings is 2. The van der Waals surface area contributed by atoms with Gasteiger partial charge in [-0.1, -0.05) is 17.7 Å². The molecule has 1 N–H and O–H groups in total. The second-order valence-corrected chi connectivity index (χ2v) is 6.09. The molecule has 0 atom stereocenters. The number of halogens is 2. The van der Waals surface area contributed by atoms with Gasteiger partial charge in [0.1, 0.15) is 5.82 Å². The Balaban J connectivity index is 2.17. The normalized spacial score (nSPS) is 10.4. The molecule has 0 aliphatic heterocycles. The minimum absolute atomic E-state index is 0.0195. The van der Waals surface area contributed by atoms with E-state index in [9.17, 15) is 14.0 Å². The van der Waals surface area contributed by atoms with Crippen molar-refractivity contribution in [3.8, 4) is 11.5 Å². The fraction of sp³-hybridized carbons (Fsp3) is 0.263. The summed E-state index contributed by atoms with van der Waals surface area (Å²) in [5, 5.41) is 8.75. The Hall–Kier alpha value is -2.80. The number of carbonyl (C=O) groups is 2. The van der Waals surface area contributed by atoms with Gasteiger partial charge in [0.05, 0.1) is 11.6 Å². The molecule has 0 aliphatic rings. The SMILES string of the molecule is CCOc1cc(C(=O)N(C)Cc2ccc(Cl)c(F)c2)ccc1OCC(=O)O. The maximum absolute atomic E-state index is 13.6. The molecule has 0 bridgehead atoms. The molecule has 144 valence electrons.